The fourth-order valence-corrected chi connectivity index (χ4v) is 7.75. The number of aliphatic hydroxyl groups is 2. The summed E-state index contributed by atoms with van der Waals surface area (Å²) < 4.78 is 17.6. The number of hydrogen-bond donors (Lipinski definition) is 2. The molecule has 1 aromatic heterocycles. The van der Waals surface area contributed by atoms with E-state index in [-0.39, 0.29) is 35.0 Å². The Kier molecular flexibility index (Phi) is 8.51. The maximum Gasteiger partial charge on any atom is 0.265 e. The van der Waals surface area contributed by atoms with E-state index in [4.69, 9.17) is 14.0 Å². The summed E-state index contributed by atoms with van der Waals surface area (Å²) in [6.07, 6.45) is 6.62. The van der Waals surface area contributed by atoms with E-state index in [1.807, 2.05) is 18.7 Å². The van der Waals surface area contributed by atoms with E-state index >= 15 is 0 Å². The number of unbranched alkanes of at least 4 members (excludes halogenated alkanes) is 2. The molecule has 1 saturated carbocycles. The molecular weight excluding hydrogens is 578 g/mol. The molecule has 11 heteroatoms. The average molecular weight is 622 g/mol. The monoisotopic (exact) mass is 621 g/mol. The van der Waals surface area contributed by atoms with Crippen molar-refractivity contribution < 1.29 is 38.6 Å². The van der Waals surface area contributed by atoms with Crippen molar-refractivity contribution >= 4 is 29.3 Å². The number of aldehydes is 1. The summed E-state index contributed by atoms with van der Waals surface area (Å²) in [6.45, 7) is 6.28. The number of carbonyl (C=O) groups is 3. The molecule has 2 fully saturated rings. The molecule has 2 aromatic rings. The molecular formula is C34H43N3O8. The number of anilines is 1. The van der Waals surface area contributed by atoms with Crippen LogP contribution in [-0.4, -0.2) is 84.1 Å². The quantitative estimate of drug-likeness (QED) is 0.205. The number of ether oxygens (including phenoxy) is 2. The SMILES string of the molecule is CCCCOc1cc(C=O)c(N2CCCC2)c2c1C(O)=C1C(=O)[C@]3(O)C(=O)c4c(OCCCC)noc4[C@@H](N(C)C)[C@@H]3C[C@@H]1C2. The van der Waals surface area contributed by atoms with Gasteiger partial charge in [0.2, 0.25) is 11.6 Å². The summed E-state index contributed by atoms with van der Waals surface area (Å²) in [5.41, 5.74) is -0.103. The zero-order valence-electron chi connectivity index (χ0n) is 26.6. The van der Waals surface area contributed by atoms with Crippen molar-refractivity contribution in [2.24, 2.45) is 11.8 Å². The highest BCUT2D eigenvalue weighted by molar-refractivity contribution is 6.26. The van der Waals surface area contributed by atoms with Gasteiger partial charge < -0.3 is 29.1 Å². The second-order valence-corrected chi connectivity index (χ2v) is 12.9. The third-order valence-electron chi connectivity index (χ3n) is 9.92. The van der Waals surface area contributed by atoms with E-state index in [2.05, 4.69) is 10.1 Å². The van der Waals surface area contributed by atoms with Crippen molar-refractivity contribution in [2.75, 3.05) is 45.3 Å². The minimum atomic E-state index is -2.46. The van der Waals surface area contributed by atoms with E-state index in [0.29, 0.717) is 36.5 Å². The number of hydrogen-bond acceptors (Lipinski definition) is 11. The molecule has 3 aliphatic carbocycles. The summed E-state index contributed by atoms with van der Waals surface area (Å²) in [4.78, 5) is 45.2. The third kappa shape index (κ3) is 4.86. The van der Waals surface area contributed by atoms with E-state index in [0.717, 1.165) is 69.2 Å². The normalized spacial score (nSPS) is 25.6. The molecule has 242 valence electrons. The standard InChI is InChI=1S/C34H43N3O8/c1-5-7-13-43-23-17-20(18-38)27(37-11-9-10-12-37)21-15-19-16-22-28(36(3)4)30-26(33(35-45-30)44-14-8-6-2)32(41)34(22,42)31(40)24(19)29(39)25(21)23/h17-19,22,28,39,42H,5-16H2,1-4H3/t19-,22-,28-,34-/m0/s1. The maximum absolute atomic E-state index is 14.5. The number of aromatic nitrogens is 1. The molecule has 6 rings (SSSR count). The van der Waals surface area contributed by atoms with Crippen LogP contribution < -0.4 is 14.4 Å². The predicted octanol–water partition coefficient (Wildman–Crippen LogP) is 4.71. The van der Waals surface area contributed by atoms with Gasteiger partial charge >= 0.3 is 0 Å². The molecule has 45 heavy (non-hydrogen) atoms. The van der Waals surface area contributed by atoms with Crippen LogP contribution in [0.4, 0.5) is 5.69 Å². The predicted molar refractivity (Wildman–Crippen MR) is 166 cm³/mol. The van der Waals surface area contributed by atoms with E-state index in [1.165, 1.54) is 0 Å². The molecule has 0 spiro atoms. The summed E-state index contributed by atoms with van der Waals surface area (Å²) >= 11 is 0. The number of ketones is 2. The average Bonchev–Trinajstić information content (AvgIpc) is 3.69. The first-order valence-electron chi connectivity index (χ1n) is 16.3. The molecule has 0 unspecified atom stereocenters. The first kappa shape index (κ1) is 31.3. The van der Waals surface area contributed by atoms with Crippen LogP contribution in [0.15, 0.2) is 16.2 Å². The summed E-state index contributed by atoms with van der Waals surface area (Å²) in [6, 6.07) is 0.994. The molecule has 11 nitrogen and oxygen atoms in total. The van der Waals surface area contributed by atoms with Crippen molar-refractivity contribution in [1.29, 1.82) is 0 Å². The Labute approximate surface area is 263 Å². The van der Waals surface area contributed by atoms with Gasteiger partial charge in [-0.15, -0.1) is 0 Å². The lowest BCUT2D eigenvalue weighted by molar-refractivity contribution is -0.142. The van der Waals surface area contributed by atoms with Crippen LogP contribution in [0.3, 0.4) is 0 Å². The largest absolute Gasteiger partial charge is 0.507 e. The van der Waals surface area contributed by atoms with Gasteiger partial charge in [0.15, 0.2) is 17.6 Å². The Morgan fingerprint density at radius 3 is 2.42 bits per heavy atom. The van der Waals surface area contributed by atoms with E-state index in [9.17, 15) is 24.6 Å². The van der Waals surface area contributed by atoms with Crippen molar-refractivity contribution in [3.63, 3.8) is 0 Å². The van der Waals surface area contributed by atoms with E-state index < -0.39 is 35.0 Å². The molecule has 1 saturated heterocycles. The van der Waals surface area contributed by atoms with E-state index in [1.54, 1.807) is 20.2 Å². The highest BCUT2D eigenvalue weighted by Crippen LogP contribution is 2.57. The van der Waals surface area contributed by atoms with Gasteiger partial charge in [-0.05, 0) is 75.3 Å². The van der Waals surface area contributed by atoms with Gasteiger partial charge in [0.1, 0.15) is 17.1 Å². The Bertz CT molecular complexity index is 1540. The lowest BCUT2D eigenvalue weighted by Gasteiger charge is -2.49. The van der Waals surface area contributed by atoms with Gasteiger partial charge in [-0.2, -0.15) is 0 Å². The second kappa shape index (κ2) is 12.2. The Morgan fingerprint density at radius 2 is 1.78 bits per heavy atom. The minimum absolute atomic E-state index is 0.0204. The Balaban J connectivity index is 1.51. The zero-order valence-corrected chi connectivity index (χ0v) is 26.6. The van der Waals surface area contributed by atoms with Crippen LogP contribution in [0.5, 0.6) is 11.6 Å². The van der Waals surface area contributed by atoms with Crippen LogP contribution in [0.25, 0.3) is 5.76 Å². The minimum Gasteiger partial charge on any atom is -0.507 e. The number of carbonyl (C=O) groups excluding carboxylic acids is 3. The topological polar surface area (TPSA) is 143 Å². The van der Waals surface area contributed by atoms with Gasteiger partial charge in [-0.3, -0.25) is 19.3 Å². The maximum atomic E-state index is 14.5. The number of Topliss-reactive ketones (excluding diaryl/α,β-unsaturated/α-hetero) is 2. The number of benzene rings is 1. The zero-order chi connectivity index (χ0) is 32.0. The summed E-state index contributed by atoms with van der Waals surface area (Å²) in [5.74, 6) is -2.78. The Hall–Kier alpha value is -3.70. The van der Waals surface area contributed by atoms with Crippen molar-refractivity contribution in [3.8, 4) is 11.6 Å². The molecule has 2 N–H and O–H groups in total. The molecule has 0 radical (unpaired) electrons. The highest BCUT2D eigenvalue weighted by atomic mass is 16.5. The molecule has 0 bridgehead atoms. The fraction of sp³-hybridized carbons (Fsp3) is 0.588. The van der Waals surface area contributed by atoms with Crippen LogP contribution >= 0.6 is 0 Å². The van der Waals surface area contributed by atoms with Crippen LogP contribution in [0, 0.1) is 11.8 Å². The van der Waals surface area contributed by atoms with Crippen LogP contribution in [0.2, 0.25) is 0 Å². The van der Waals surface area contributed by atoms with Gasteiger partial charge in [-0.1, -0.05) is 26.7 Å². The fourth-order valence-electron chi connectivity index (χ4n) is 7.75. The lowest BCUT2D eigenvalue weighted by atomic mass is 9.57. The summed E-state index contributed by atoms with van der Waals surface area (Å²) in [5, 5.41) is 28.3. The van der Waals surface area contributed by atoms with Gasteiger partial charge in [0.25, 0.3) is 5.88 Å². The van der Waals surface area contributed by atoms with Crippen molar-refractivity contribution in [1.82, 2.24) is 10.1 Å². The first-order valence-corrected chi connectivity index (χ1v) is 16.3. The smallest absolute Gasteiger partial charge is 0.265 e. The molecule has 0 amide bonds. The van der Waals surface area contributed by atoms with Gasteiger partial charge in [0, 0.05) is 30.1 Å². The van der Waals surface area contributed by atoms with Crippen LogP contribution in [-0.2, 0) is 11.2 Å². The number of rotatable bonds is 11. The molecule has 1 aromatic carbocycles. The molecule has 1 aliphatic heterocycles. The molecule has 2 heterocycles. The Morgan fingerprint density at radius 1 is 1.09 bits per heavy atom. The van der Waals surface area contributed by atoms with Crippen molar-refractivity contribution in [2.45, 2.75) is 76.9 Å². The van der Waals surface area contributed by atoms with Gasteiger partial charge in [0.05, 0.1) is 30.5 Å². The first-order chi connectivity index (χ1) is 21.7. The summed E-state index contributed by atoms with van der Waals surface area (Å²) in [7, 11) is 3.60. The number of aliphatic hydroxyl groups excluding tert-OH is 1. The van der Waals surface area contributed by atoms with Gasteiger partial charge in [-0.25, -0.2) is 0 Å². The second-order valence-electron chi connectivity index (χ2n) is 12.9. The number of fused-ring (bicyclic) bond motifs is 4. The highest BCUT2D eigenvalue weighted by Gasteiger charge is 2.65. The van der Waals surface area contributed by atoms with Crippen LogP contribution in [0.1, 0.15) is 102 Å². The molecule has 4 atom stereocenters. The lowest BCUT2D eigenvalue weighted by Crippen LogP contribution is -2.63. The number of nitrogens with zero attached hydrogens (tertiary/aromatic N) is 3. The van der Waals surface area contributed by atoms with Crippen molar-refractivity contribution in [3.05, 3.63) is 39.7 Å². The third-order valence-corrected chi connectivity index (χ3v) is 9.92. The molecule has 4 aliphatic rings.